The molecule has 1 heterocycles. The van der Waals surface area contributed by atoms with Gasteiger partial charge in [-0.1, -0.05) is 11.6 Å². The summed E-state index contributed by atoms with van der Waals surface area (Å²) in [6.07, 6.45) is 0. The van der Waals surface area contributed by atoms with Gasteiger partial charge in [0.15, 0.2) is 0 Å². The highest BCUT2D eigenvalue weighted by atomic mass is 79.9. The van der Waals surface area contributed by atoms with Gasteiger partial charge in [-0.2, -0.15) is 0 Å². The van der Waals surface area contributed by atoms with Gasteiger partial charge in [-0.3, -0.25) is 0 Å². The van der Waals surface area contributed by atoms with E-state index in [-0.39, 0.29) is 0 Å². The standard InChI is InChI=1S/C6H4BrCl2N/c7-5-1-4(3-8)2-6(9)10-5/h1-2H,3H2. The zero-order valence-electron chi connectivity index (χ0n) is 4.94. The van der Waals surface area contributed by atoms with Crippen molar-refractivity contribution in [1.82, 2.24) is 4.98 Å². The van der Waals surface area contributed by atoms with E-state index in [1.54, 1.807) is 6.07 Å². The summed E-state index contributed by atoms with van der Waals surface area (Å²) in [6, 6.07) is 3.57. The van der Waals surface area contributed by atoms with E-state index in [9.17, 15) is 0 Å². The molecule has 0 fully saturated rings. The van der Waals surface area contributed by atoms with Gasteiger partial charge in [0, 0.05) is 5.88 Å². The molecule has 0 aromatic carbocycles. The first-order valence-electron chi connectivity index (χ1n) is 2.60. The van der Waals surface area contributed by atoms with Crippen LogP contribution in [0.15, 0.2) is 16.7 Å². The van der Waals surface area contributed by atoms with Crippen molar-refractivity contribution in [3.8, 4) is 0 Å². The first-order valence-corrected chi connectivity index (χ1v) is 4.31. The molecule has 1 aromatic heterocycles. The van der Waals surface area contributed by atoms with E-state index in [1.807, 2.05) is 6.07 Å². The SMILES string of the molecule is ClCc1cc(Cl)nc(Br)c1. The van der Waals surface area contributed by atoms with Gasteiger partial charge < -0.3 is 0 Å². The lowest BCUT2D eigenvalue weighted by molar-refractivity contribution is 1.23. The van der Waals surface area contributed by atoms with Crippen molar-refractivity contribution in [3.63, 3.8) is 0 Å². The number of aromatic nitrogens is 1. The highest BCUT2D eigenvalue weighted by Crippen LogP contribution is 2.16. The van der Waals surface area contributed by atoms with E-state index in [0.717, 1.165) is 10.2 Å². The van der Waals surface area contributed by atoms with Gasteiger partial charge in [-0.25, -0.2) is 4.98 Å². The average molecular weight is 241 g/mol. The maximum absolute atomic E-state index is 5.63. The minimum Gasteiger partial charge on any atom is -0.229 e. The van der Waals surface area contributed by atoms with Gasteiger partial charge >= 0.3 is 0 Å². The first kappa shape index (κ1) is 8.31. The Kier molecular flexibility index (Phi) is 2.96. The molecule has 0 radical (unpaired) electrons. The summed E-state index contributed by atoms with van der Waals surface area (Å²) in [5.41, 5.74) is 0.966. The summed E-state index contributed by atoms with van der Waals surface area (Å²) in [7, 11) is 0. The van der Waals surface area contributed by atoms with E-state index in [2.05, 4.69) is 20.9 Å². The first-order chi connectivity index (χ1) is 4.72. The third-order valence-corrected chi connectivity index (χ3v) is 1.89. The van der Waals surface area contributed by atoms with E-state index in [1.165, 1.54) is 0 Å². The van der Waals surface area contributed by atoms with Crippen LogP contribution in [-0.2, 0) is 5.88 Å². The number of alkyl halides is 1. The molecule has 0 saturated heterocycles. The summed E-state index contributed by atoms with van der Waals surface area (Å²) in [6.45, 7) is 0. The molecule has 0 spiro atoms. The Morgan fingerprint density at radius 2 is 2.20 bits per heavy atom. The van der Waals surface area contributed by atoms with Gasteiger partial charge in [-0.05, 0) is 33.6 Å². The predicted molar refractivity (Wildman–Crippen MR) is 46.5 cm³/mol. The molecule has 0 saturated carbocycles. The van der Waals surface area contributed by atoms with Crippen LogP contribution in [0, 0.1) is 0 Å². The summed E-state index contributed by atoms with van der Waals surface area (Å²) < 4.78 is 0.718. The van der Waals surface area contributed by atoms with Crippen molar-refractivity contribution in [2.24, 2.45) is 0 Å². The van der Waals surface area contributed by atoms with Crippen LogP contribution in [0.4, 0.5) is 0 Å². The molecular formula is C6H4BrCl2N. The molecule has 0 amide bonds. The van der Waals surface area contributed by atoms with Gasteiger partial charge in [0.25, 0.3) is 0 Å². The molecule has 0 aliphatic rings. The topological polar surface area (TPSA) is 12.9 Å². The lowest BCUT2D eigenvalue weighted by Gasteiger charge is -1.95. The second kappa shape index (κ2) is 3.56. The normalized spacial score (nSPS) is 9.90. The van der Waals surface area contributed by atoms with Crippen LogP contribution in [0.1, 0.15) is 5.56 Å². The average Bonchev–Trinajstić information content (AvgIpc) is 1.85. The second-order valence-corrected chi connectivity index (χ2v) is 3.22. The zero-order chi connectivity index (χ0) is 7.56. The van der Waals surface area contributed by atoms with Crippen molar-refractivity contribution < 1.29 is 0 Å². The molecule has 1 aromatic rings. The van der Waals surface area contributed by atoms with Crippen LogP contribution in [0.5, 0.6) is 0 Å². The van der Waals surface area contributed by atoms with Gasteiger partial charge in [0.2, 0.25) is 0 Å². The smallest absolute Gasteiger partial charge is 0.130 e. The number of hydrogen-bond donors (Lipinski definition) is 0. The van der Waals surface area contributed by atoms with Crippen LogP contribution in [0.3, 0.4) is 0 Å². The Labute approximate surface area is 77.5 Å². The molecule has 0 aliphatic heterocycles. The van der Waals surface area contributed by atoms with E-state index in [0.29, 0.717) is 11.0 Å². The van der Waals surface area contributed by atoms with Crippen molar-refractivity contribution in [2.45, 2.75) is 5.88 Å². The molecule has 4 heteroatoms. The fraction of sp³-hybridized carbons (Fsp3) is 0.167. The molecule has 0 bridgehead atoms. The number of hydrogen-bond acceptors (Lipinski definition) is 1. The van der Waals surface area contributed by atoms with Gasteiger partial charge in [0.05, 0.1) is 0 Å². The van der Waals surface area contributed by atoms with E-state index >= 15 is 0 Å². The second-order valence-electron chi connectivity index (χ2n) is 1.75. The third kappa shape index (κ3) is 2.11. The van der Waals surface area contributed by atoms with Crippen molar-refractivity contribution in [3.05, 3.63) is 27.5 Å². The molecule has 0 aliphatic carbocycles. The lowest BCUT2D eigenvalue weighted by Crippen LogP contribution is -1.81. The van der Waals surface area contributed by atoms with Crippen molar-refractivity contribution in [1.29, 1.82) is 0 Å². The molecule has 0 unspecified atom stereocenters. The molecule has 1 nitrogen and oxygen atoms in total. The van der Waals surface area contributed by atoms with Crippen LogP contribution in [0.2, 0.25) is 5.15 Å². The molecule has 54 valence electrons. The quantitative estimate of drug-likeness (QED) is 0.543. The van der Waals surface area contributed by atoms with Gasteiger partial charge in [0.1, 0.15) is 9.76 Å². The lowest BCUT2D eigenvalue weighted by atomic mass is 10.3. The van der Waals surface area contributed by atoms with Crippen LogP contribution < -0.4 is 0 Å². The summed E-state index contributed by atoms with van der Waals surface area (Å²) in [4.78, 5) is 3.91. The van der Waals surface area contributed by atoms with Crippen LogP contribution in [-0.4, -0.2) is 4.98 Å². The Hall–Kier alpha value is 0.210. The zero-order valence-corrected chi connectivity index (χ0v) is 8.04. The highest BCUT2D eigenvalue weighted by molar-refractivity contribution is 9.10. The van der Waals surface area contributed by atoms with Crippen molar-refractivity contribution in [2.75, 3.05) is 0 Å². The van der Waals surface area contributed by atoms with Crippen LogP contribution >= 0.6 is 39.1 Å². The summed E-state index contributed by atoms with van der Waals surface area (Å²) in [5.74, 6) is 0.459. The Morgan fingerprint density at radius 3 is 2.70 bits per heavy atom. The molecule has 10 heavy (non-hydrogen) atoms. The fourth-order valence-electron chi connectivity index (χ4n) is 0.591. The number of pyridine rings is 1. The van der Waals surface area contributed by atoms with E-state index < -0.39 is 0 Å². The molecule has 0 atom stereocenters. The minimum absolute atomic E-state index is 0.459. The third-order valence-electron chi connectivity index (χ3n) is 0.977. The Bertz CT molecular complexity index is 219. The maximum atomic E-state index is 5.63. The Morgan fingerprint density at radius 1 is 1.50 bits per heavy atom. The largest absolute Gasteiger partial charge is 0.229 e. The highest BCUT2D eigenvalue weighted by Gasteiger charge is 1.96. The predicted octanol–water partition coefficient (Wildman–Crippen LogP) is 3.24. The fourth-order valence-corrected chi connectivity index (χ4v) is 1.56. The minimum atomic E-state index is 0.459. The monoisotopic (exact) mass is 239 g/mol. The molecule has 1 rings (SSSR count). The summed E-state index contributed by atoms with van der Waals surface area (Å²) in [5, 5.41) is 0.463. The van der Waals surface area contributed by atoms with E-state index in [4.69, 9.17) is 23.2 Å². The Balaban J connectivity index is 3.06. The van der Waals surface area contributed by atoms with Crippen LogP contribution in [0.25, 0.3) is 0 Å². The molecular weight excluding hydrogens is 237 g/mol. The maximum Gasteiger partial charge on any atom is 0.130 e. The number of halogens is 3. The van der Waals surface area contributed by atoms with Crippen molar-refractivity contribution >= 4 is 39.1 Å². The van der Waals surface area contributed by atoms with Gasteiger partial charge in [-0.15, -0.1) is 11.6 Å². The summed E-state index contributed by atoms with van der Waals surface area (Å²) >= 11 is 14.4. The molecule has 0 N–H and O–H groups in total. The number of rotatable bonds is 1. The number of nitrogens with zero attached hydrogens (tertiary/aromatic N) is 1.